The van der Waals surface area contributed by atoms with Crippen LogP contribution in [0.1, 0.15) is 13.3 Å². The minimum atomic E-state index is -0.954. The van der Waals surface area contributed by atoms with Gasteiger partial charge < -0.3 is 45.6 Å². The molecule has 0 aliphatic rings. The molecule has 0 spiro atoms. The van der Waals surface area contributed by atoms with E-state index in [1.165, 1.54) is 0 Å². The fourth-order valence-corrected chi connectivity index (χ4v) is 0.774. The third-order valence-electron chi connectivity index (χ3n) is 2.65. The standard InChI is InChI=1S/C6H14O3.C4H10O3.C3H8O3/c1-2-6(3-7,4-8)5-9;5-1-3-7-4-2-6;4-1-3(6)2-5/h7-9H,2-5H2,1H3;5-6H,1-4H2;3-6H,1-2H2. The average molecular weight is 332 g/mol. The third kappa shape index (κ3) is 17.7. The molecule has 0 fully saturated rings. The van der Waals surface area contributed by atoms with E-state index in [-0.39, 0.29) is 46.2 Å². The first kappa shape index (κ1) is 26.5. The van der Waals surface area contributed by atoms with Crippen LogP contribution in [-0.2, 0) is 4.74 Å². The molecule has 0 aromatic carbocycles. The fraction of sp³-hybridized carbons (Fsp3) is 1.00. The molecule has 0 aliphatic heterocycles. The van der Waals surface area contributed by atoms with Gasteiger partial charge in [-0.15, -0.1) is 0 Å². The monoisotopic (exact) mass is 332 g/mol. The van der Waals surface area contributed by atoms with E-state index in [2.05, 4.69) is 4.74 Å². The molecule has 0 amide bonds. The van der Waals surface area contributed by atoms with E-state index >= 15 is 0 Å². The minimum Gasteiger partial charge on any atom is -0.396 e. The Hall–Kier alpha value is -0.360. The van der Waals surface area contributed by atoms with Gasteiger partial charge in [-0.1, -0.05) is 6.92 Å². The summed E-state index contributed by atoms with van der Waals surface area (Å²) in [7, 11) is 0. The van der Waals surface area contributed by atoms with Gasteiger partial charge in [-0.05, 0) is 6.42 Å². The Morgan fingerprint density at radius 1 is 0.773 bits per heavy atom. The van der Waals surface area contributed by atoms with Crippen molar-refractivity contribution in [2.24, 2.45) is 5.41 Å². The van der Waals surface area contributed by atoms with E-state index in [0.717, 1.165) is 0 Å². The molecule has 0 rings (SSSR count). The molecule has 0 atom stereocenters. The van der Waals surface area contributed by atoms with Crippen LogP contribution >= 0.6 is 0 Å². The highest BCUT2D eigenvalue weighted by Crippen LogP contribution is 2.18. The van der Waals surface area contributed by atoms with E-state index in [9.17, 15) is 0 Å². The van der Waals surface area contributed by atoms with Crippen LogP contribution in [0.2, 0.25) is 0 Å². The van der Waals surface area contributed by atoms with Crippen molar-refractivity contribution in [1.82, 2.24) is 0 Å². The number of hydrogen-bond donors (Lipinski definition) is 8. The SMILES string of the molecule is CCC(CO)(CO)CO.OCC(O)CO.OCCOCCO. The topological polar surface area (TPSA) is 171 Å². The summed E-state index contributed by atoms with van der Waals surface area (Å²) >= 11 is 0. The Balaban J connectivity index is -0.000000252. The van der Waals surface area contributed by atoms with Gasteiger partial charge in [-0.3, -0.25) is 0 Å². The molecule has 9 nitrogen and oxygen atoms in total. The van der Waals surface area contributed by atoms with Crippen molar-refractivity contribution in [2.45, 2.75) is 19.4 Å². The molecule has 9 heteroatoms. The second kappa shape index (κ2) is 20.6. The summed E-state index contributed by atoms with van der Waals surface area (Å²) in [6, 6.07) is 0. The molecule has 0 heterocycles. The lowest BCUT2D eigenvalue weighted by molar-refractivity contribution is 0.00304. The normalized spacial score (nSPS) is 10.6. The van der Waals surface area contributed by atoms with Crippen molar-refractivity contribution in [3.05, 3.63) is 0 Å². The van der Waals surface area contributed by atoms with E-state index < -0.39 is 11.5 Å². The summed E-state index contributed by atoms with van der Waals surface area (Å²) in [5.41, 5.74) is -0.667. The van der Waals surface area contributed by atoms with Crippen molar-refractivity contribution in [1.29, 1.82) is 0 Å². The molecule has 0 saturated heterocycles. The zero-order valence-corrected chi connectivity index (χ0v) is 13.1. The van der Waals surface area contributed by atoms with E-state index in [1.54, 1.807) is 0 Å². The molecule has 8 N–H and O–H groups in total. The van der Waals surface area contributed by atoms with Gasteiger partial charge in [0.1, 0.15) is 6.10 Å². The van der Waals surface area contributed by atoms with Gasteiger partial charge in [0.2, 0.25) is 0 Å². The van der Waals surface area contributed by atoms with Crippen molar-refractivity contribution in [2.75, 3.05) is 59.5 Å². The van der Waals surface area contributed by atoms with Crippen LogP contribution in [-0.4, -0.2) is 106 Å². The quantitative estimate of drug-likeness (QED) is 0.191. The number of ether oxygens (including phenoxy) is 1. The molecule has 0 radical (unpaired) electrons. The van der Waals surface area contributed by atoms with Crippen LogP contribution in [0.3, 0.4) is 0 Å². The number of rotatable bonds is 10. The summed E-state index contributed by atoms with van der Waals surface area (Å²) < 4.78 is 4.63. The molecule has 0 saturated carbocycles. The van der Waals surface area contributed by atoms with Crippen LogP contribution < -0.4 is 0 Å². The lowest BCUT2D eigenvalue weighted by Crippen LogP contribution is -2.32. The Labute approximate surface area is 131 Å². The summed E-state index contributed by atoms with van der Waals surface area (Å²) in [4.78, 5) is 0. The molecule has 0 aromatic heterocycles. The average Bonchev–Trinajstić information content (AvgIpc) is 2.58. The van der Waals surface area contributed by atoms with Crippen LogP contribution in [0.25, 0.3) is 0 Å². The summed E-state index contributed by atoms with van der Waals surface area (Å²) in [5, 5.41) is 66.2. The Morgan fingerprint density at radius 2 is 1.14 bits per heavy atom. The van der Waals surface area contributed by atoms with Gasteiger partial charge in [0.15, 0.2) is 0 Å². The van der Waals surface area contributed by atoms with E-state index in [1.807, 2.05) is 6.92 Å². The molecule has 0 bridgehead atoms. The third-order valence-corrected chi connectivity index (χ3v) is 2.65. The van der Waals surface area contributed by atoms with Crippen LogP contribution in [0.15, 0.2) is 0 Å². The van der Waals surface area contributed by atoms with Crippen LogP contribution in [0.4, 0.5) is 0 Å². The first-order valence-electron chi connectivity index (χ1n) is 6.99. The smallest absolute Gasteiger partial charge is 0.100 e. The fourth-order valence-electron chi connectivity index (χ4n) is 0.774. The second-order valence-electron chi connectivity index (χ2n) is 4.41. The first-order chi connectivity index (χ1) is 10.5. The van der Waals surface area contributed by atoms with Gasteiger partial charge in [-0.2, -0.15) is 0 Å². The highest BCUT2D eigenvalue weighted by atomic mass is 16.5. The summed E-state index contributed by atoms with van der Waals surface area (Å²) in [6.45, 7) is 1.32. The maximum atomic E-state index is 8.66. The van der Waals surface area contributed by atoms with Gasteiger partial charge >= 0.3 is 0 Å². The molecule has 0 aromatic rings. The molecule has 138 valence electrons. The van der Waals surface area contributed by atoms with Crippen LogP contribution in [0.5, 0.6) is 0 Å². The Kier molecular flexibility index (Phi) is 24.9. The summed E-state index contributed by atoms with van der Waals surface area (Å²) in [5.74, 6) is 0. The number of aliphatic hydroxyl groups is 8. The molecule has 0 aliphatic carbocycles. The molecular weight excluding hydrogens is 300 g/mol. The van der Waals surface area contributed by atoms with E-state index in [0.29, 0.717) is 19.6 Å². The van der Waals surface area contributed by atoms with Crippen LogP contribution in [0, 0.1) is 5.41 Å². The highest BCUT2D eigenvalue weighted by Gasteiger charge is 2.24. The Bertz CT molecular complexity index is 163. The predicted octanol–water partition coefficient (Wildman–Crippen LogP) is -3.32. The largest absolute Gasteiger partial charge is 0.396 e. The predicted molar refractivity (Wildman–Crippen MR) is 79.2 cm³/mol. The lowest BCUT2D eigenvalue weighted by Gasteiger charge is -2.24. The minimum absolute atomic E-state index is 0.0278. The van der Waals surface area contributed by atoms with E-state index in [4.69, 9.17) is 40.9 Å². The van der Waals surface area contributed by atoms with Crippen molar-refractivity contribution in [3.8, 4) is 0 Å². The van der Waals surface area contributed by atoms with Gasteiger partial charge in [0.05, 0.1) is 59.5 Å². The zero-order chi connectivity index (χ0) is 17.9. The maximum absolute atomic E-state index is 8.66. The number of hydrogen-bond acceptors (Lipinski definition) is 9. The maximum Gasteiger partial charge on any atom is 0.100 e. The van der Waals surface area contributed by atoms with Crippen molar-refractivity contribution >= 4 is 0 Å². The van der Waals surface area contributed by atoms with Gasteiger partial charge in [-0.25, -0.2) is 0 Å². The number of aliphatic hydroxyl groups excluding tert-OH is 8. The van der Waals surface area contributed by atoms with Crippen molar-refractivity contribution in [3.63, 3.8) is 0 Å². The first-order valence-corrected chi connectivity index (χ1v) is 6.99. The Morgan fingerprint density at radius 3 is 1.23 bits per heavy atom. The highest BCUT2D eigenvalue weighted by molar-refractivity contribution is 4.74. The molecule has 22 heavy (non-hydrogen) atoms. The molecular formula is C13H32O9. The summed E-state index contributed by atoms with van der Waals surface area (Å²) in [6.07, 6.45) is -0.360. The zero-order valence-electron chi connectivity index (χ0n) is 13.1. The lowest BCUT2D eigenvalue weighted by atomic mass is 9.88. The molecule has 0 unspecified atom stereocenters. The second-order valence-corrected chi connectivity index (χ2v) is 4.41. The van der Waals surface area contributed by atoms with Gasteiger partial charge in [0, 0.05) is 5.41 Å². The van der Waals surface area contributed by atoms with Gasteiger partial charge in [0.25, 0.3) is 0 Å². The van der Waals surface area contributed by atoms with Crippen molar-refractivity contribution < 1.29 is 45.6 Å².